The summed E-state index contributed by atoms with van der Waals surface area (Å²) in [6.07, 6.45) is -2.04. The van der Waals surface area contributed by atoms with Crippen LogP contribution in [0.1, 0.15) is 69.6 Å². The molecule has 14 heteroatoms. The number of carbonyl (C=O) groups is 4. The zero-order valence-electron chi connectivity index (χ0n) is 26.6. The van der Waals surface area contributed by atoms with Gasteiger partial charge in [-0.2, -0.15) is 13.2 Å². The van der Waals surface area contributed by atoms with Gasteiger partial charge in [-0.05, 0) is 49.5 Å². The van der Waals surface area contributed by atoms with Crippen LogP contribution in [0.3, 0.4) is 0 Å². The van der Waals surface area contributed by atoms with Gasteiger partial charge in [-0.1, -0.05) is 70.0 Å². The summed E-state index contributed by atoms with van der Waals surface area (Å²) in [6.45, 7) is 7.19. The Morgan fingerprint density at radius 3 is 2.19 bits per heavy atom. The van der Waals surface area contributed by atoms with Crippen molar-refractivity contribution in [3.63, 3.8) is 0 Å². The average molecular weight is 704 g/mol. The summed E-state index contributed by atoms with van der Waals surface area (Å²) in [7, 11) is 0. The van der Waals surface area contributed by atoms with E-state index < -0.39 is 47.6 Å². The molecule has 0 bridgehead atoms. The van der Waals surface area contributed by atoms with Crippen LogP contribution in [0.4, 0.5) is 23.7 Å². The Morgan fingerprint density at radius 1 is 1.04 bits per heavy atom. The molecule has 1 aliphatic heterocycles. The first-order valence-electron chi connectivity index (χ1n) is 15.4. The molecular formula is C33H40F3N4NiO6-. The smallest absolute Gasteiger partial charge is 0.416 e. The molecule has 260 valence electrons. The van der Waals surface area contributed by atoms with Gasteiger partial charge in [0.15, 0.2) is 6.04 Å². The monoisotopic (exact) mass is 703 g/mol. The van der Waals surface area contributed by atoms with Gasteiger partial charge in [-0.3, -0.25) is 14.7 Å². The van der Waals surface area contributed by atoms with Crippen molar-refractivity contribution in [2.75, 3.05) is 32.8 Å². The van der Waals surface area contributed by atoms with Crippen molar-refractivity contribution >= 4 is 35.3 Å². The molecule has 2 atom stereocenters. The summed E-state index contributed by atoms with van der Waals surface area (Å²) in [5, 5.41) is 14.5. The minimum atomic E-state index is -4.61. The molecule has 0 spiro atoms. The molecule has 0 unspecified atom stereocenters. The molecule has 0 radical (unpaired) electrons. The van der Waals surface area contributed by atoms with Gasteiger partial charge >= 0.3 is 18.2 Å². The molecule has 1 fully saturated rings. The second kappa shape index (κ2) is 18.5. The maximum Gasteiger partial charge on any atom is 0.416 e. The van der Waals surface area contributed by atoms with Crippen molar-refractivity contribution in [2.45, 2.75) is 65.1 Å². The second-order valence-corrected chi connectivity index (χ2v) is 11.2. The molecule has 1 N–H and O–H groups in total. The van der Waals surface area contributed by atoms with E-state index in [-0.39, 0.29) is 65.1 Å². The Kier molecular flexibility index (Phi) is 15.5. The van der Waals surface area contributed by atoms with Gasteiger partial charge in [0, 0.05) is 35.0 Å². The number of alkyl halides is 3. The van der Waals surface area contributed by atoms with E-state index in [0.717, 1.165) is 55.8 Å². The molecule has 3 rings (SSSR count). The number of amides is 3. The minimum absolute atomic E-state index is 0. The molecule has 1 heterocycles. The van der Waals surface area contributed by atoms with E-state index in [2.05, 4.69) is 24.2 Å². The number of imide groups is 1. The Morgan fingerprint density at radius 2 is 1.66 bits per heavy atom. The fraction of sp³-hybridized carbons (Fsp3) is 0.485. The second-order valence-electron chi connectivity index (χ2n) is 11.2. The predicted molar refractivity (Wildman–Crippen MR) is 166 cm³/mol. The van der Waals surface area contributed by atoms with Gasteiger partial charge in [0.2, 0.25) is 5.91 Å². The van der Waals surface area contributed by atoms with Crippen LogP contribution < -0.4 is 0 Å². The third kappa shape index (κ3) is 11.5. The number of unbranched alkanes of at least 4 members (excludes halogenated alkanes) is 2. The average Bonchev–Trinajstić information content (AvgIpc) is 3.44. The van der Waals surface area contributed by atoms with E-state index in [1.807, 2.05) is 4.90 Å². The van der Waals surface area contributed by atoms with Gasteiger partial charge < -0.3 is 20.0 Å². The Labute approximate surface area is 282 Å². The first kappa shape index (κ1) is 39.4. The van der Waals surface area contributed by atoms with Crippen LogP contribution in [-0.4, -0.2) is 83.3 Å². The number of aliphatic carboxylic acids is 1. The zero-order valence-corrected chi connectivity index (χ0v) is 27.6. The molecule has 1 aliphatic rings. The quantitative estimate of drug-likeness (QED) is 0.157. The SMILES string of the molecule is CCCCN(CCCC)CC(=O)[N-]c1ccccc1C(=N[C@@H](C(=O)O)[C@H](C)CC(=O)N1CCOC1=O)c1ccc(C(F)(F)F)cc1.[Ni]. The van der Waals surface area contributed by atoms with Gasteiger partial charge in [0.05, 0.1) is 23.7 Å². The molecule has 10 nitrogen and oxygen atoms in total. The number of benzene rings is 2. The molecule has 0 aliphatic carbocycles. The van der Waals surface area contributed by atoms with Crippen molar-refractivity contribution in [1.29, 1.82) is 0 Å². The number of rotatable bonds is 16. The largest absolute Gasteiger partial charge is 0.625 e. The van der Waals surface area contributed by atoms with E-state index in [1.165, 1.54) is 19.1 Å². The molecule has 0 saturated carbocycles. The zero-order chi connectivity index (χ0) is 33.9. The summed E-state index contributed by atoms with van der Waals surface area (Å²) in [6, 6.07) is 8.89. The van der Waals surface area contributed by atoms with Crippen LogP contribution in [0.5, 0.6) is 0 Å². The van der Waals surface area contributed by atoms with Crippen molar-refractivity contribution in [3.05, 3.63) is 70.5 Å². The summed E-state index contributed by atoms with van der Waals surface area (Å²) >= 11 is 0. The molecule has 0 aromatic heterocycles. The van der Waals surface area contributed by atoms with Gasteiger partial charge in [-0.25, -0.2) is 14.5 Å². The van der Waals surface area contributed by atoms with Crippen molar-refractivity contribution < 1.29 is 58.7 Å². The van der Waals surface area contributed by atoms with Crippen molar-refractivity contribution in [3.8, 4) is 0 Å². The Bertz CT molecular complexity index is 1400. The topological polar surface area (TPSA) is 131 Å². The number of nitrogens with zero attached hydrogens (tertiary/aromatic N) is 4. The van der Waals surface area contributed by atoms with Crippen LogP contribution in [0.15, 0.2) is 53.5 Å². The summed E-state index contributed by atoms with van der Waals surface area (Å²) in [5.74, 6) is -3.39. The predicted octanol–water partition coefficient (Wildman–Crippen LogP) is 6.43. The molecule has 47 heavy (non-hydrogen) atoms. The van der Waals surface area contributed by atoms with E-state index in [4.69, 9.17) is 4.74 Å². The summed E-state index contributed by atoms with van der Waals surface area (Å²) < 4.78 is 44.9. The van der Waals surface area contributed by atoms with Crippen molar-refractivity contribution in [2.24, 2.45) is 10.9 Å². The van der Waals surface area contributed by atoms with E-state index in [0.29, 0.717) is 0 Å². The molecule has 3 amide bonds. The minimum Gasteiger partial charge on any atom is -0.625 e. The number of hydrogen-bond donors (Lipinski definition) is 1. The maximum atomic E-state index is 13.4. The number of cyclic esters (lactones) is 1. The van der Waals surface area contributed by atoms with Gasteiger partial charge in [-0.15, -0.1) is 5.69 Å². The number of halogens is 3. The van der Waals surface area contributed by atoms with Gasteiger partial charge in [0.25, 0.3) is 0 Å². The number of carbonyl (C=O) groups excluding carboxylic acids is 3. The van der Waals surface area contributed by atoms with E-state index in [9.17, 15) is 37.5 Å². The number of hydrogen-bond acceptors (Lipinski definition) is 7. The number of carboxylic acids is 1. The van der Waals surface area contributed by atoms with E-state index >= 15 is 0 Å². The molecule has 2 aromatic rings. The molecule has 2 aromatic carbocycles. The fourth-order valence-corrected chi connectivity index (χ4v) is 4.96. The Balaban J connectivity index is 0.00000768. The maximum absolute atomic E-state index is 13.4. The molecular weight excluding hydrogens is 664 g/mol. The summed E-state index contributed by atoms with van der Waals surface area (Å²) in [4.78, 5) is 57.7. The number of para-hydroxylation sites is 1. The number of ether oxygens (including phenoxy) is 1. The van der Waals surface area contributed by atoms with E-state index in [1.54, 1.807) is 24.3 Å². The third-order valence-corrected chi connectivity index (χ3v) is 7.52. The fourth-order valence-electron chi connectivity index (χ4n) is 4.96. The van der Waals surface area contributed by atoms with Crippen LogP contribution in [0.25, 0.3) is 5.32 Å². The normalized spacial score (nSPS) is 14.7. The van der Waals surface area contributed by atoms with Crippen LogP contribution in [0.2, 0.25) is 0 Å². The number of aliphatic imine (C=N–C) groups is 1. The van der Waals surface area contributed by atoms with Crippen LogP contribution in [0, 0.1) is 5.92 Å². The molecule has 1 saturated heterocycles. The third-order valence-electron chi connectivity index (χ3n) is 7.52. The van der Waals surface area contributed by atoms with Crippen LogP contribution >= 0.6 is 0 Å². The first-order valence-corrected chi connectivity index (χ1v) is 15.4. The standard InChI is InChI=1S/C33H41F3N4O6.Ni/c1-4-6-16-39(17-7-5-2)21-27(41)37-26-11-9-8-10-25(26)30(23-12-14-24(15-13-23)33(34,35)36)38-29(31(43)44)22(3)20-28(42)40-18-19-46-32(40)45;/h8-15,22,29H,4-7,16-21H2,1-3H3,(H2,37,38,41,43,44);/p-1/t22-,29-;/m1./s1. The Hall–Kier alpha value is -3.77. The summed E-state index contributed by atoms with van der Waals surface area (Å²) in [5.41, 5.74) is -0.360. The first-order chi connectivity index (χ1) is 21.8. The van der Waals surface area contributed by atoms with Crippen molar-refractivity contribution in [1.82, 2.24) is 9.80 Å². The van der Waals surface area contributed by atoms with Crippen LogP contribution in [-0.2, 0) is 41.8 Å². The number of carboxylic acid groups (broad SMARTS) is 1. The van der Waals surface area contributed by atoms with Gasteiger partial charge in [0.1, 0.15) is 6.61 Å².